The number of carbonyl (C=O) groups excluding carboxylic acids is 1. The number of Topliss-reactive ketones (excluding diaryl/α,β-unsaturated/α-hetero) is 1. The van der Waals surface area contributed by atoms with Crippen molar-refractivity contribution in [2.45, 2.75) is 17.6 Å². The highest BCUT2D eigenvalue weighted by Crippen LogP contribution is 2.24. The van der Waals surface area contributed by atoms with E-state index >= 15 is 0 Å². The molecule has 1 aromatic carbocycles. The van der Waals surface area contributed by atoms with Crippen LogP contribution in [0.2, 0.25) is 0 Å². The van der Waals surface area contributed by atoms with Crippen LogP contribution < -0.4 is 0 Å². The maximum Gasteiger partial charge on any atom is 0.159 e. The van der Waals surface area contributed by atoms with Crippen LogP contribution >= 0.6 is 23.1 Å². The third-order valence-corrected chi connectivity index (χ3v) is 4.02. The average molecular weight is 248 g/mol. The van der Waals surface area contributed by atoms with Gasteiger partial charge in [0.05, 0.1) is 0 Å². The number of thiophene rings is 1. The number of benzene rings is 1. The highest BCUT2D eigenvalue weighted by Gasteiger charge is 2.01. The summed E-state index contributed by atoms with van der Waals surface area (Å²) in [6, 6.07) is 9.93. The maximum absolute atomic E-state index is 11.2. The Morgan fingerprint density at radius 2 is 2.25 bits per heavy atom. The molecule has 0 radical (unpaired) electrons. The largest absolute Gasteiger partial charge is 0.295 e. The van der Waals surface area contributed by atoms with Crippen molar-refractivity contribution in [3.05, 3.63) is 52.2 Å². The fourth-order valence-corrected chi connectivity index (χ4v) is 3.02. The van der Waals surface area contributed by atoms with Crippen molar-refractivity contribution < 1.29 is 4.79 Å². The third kappa shape index (κ3) is 2.97. The second-order valence-corrected chi connectivity index (χ2v) is 5.33. The minimum absolute atomic E-state index is 0.123. The molecule has 0 atom stereocenters. The predicted octanol–water partition coefficient (Wildman–Crippen LogP) is 4.24. The molecule has 1 heterocycles. The van der Waals surface area contributed by atoms with Gasteiger partial charge in [-0.15, -0.1) is 11.8 Å². The molecule has 0 unspecified atom stereocenters. The monoisotopic (exact) mass is 248 g/mol. The lowest BCUT2D eigenvalue weighted by Crippen LogP contribution is -1.91. The van der Waals surface area contributed by atoms with Gasteiger partial charge in [-0.2, -0.15) is 11.3 Å². The molecule has 2 aromatic rings. The molecule has 0 N–H and O–H groups in total. The molecule has 16 heavy (non-hydrogen) atoms. The topological polar surface area (TPSA) is 17.1 Å². The molecule has 0 aliphatic heterocycles. The first-order valence-corrected chi connectivity index (χ1v) is 6.93. The summed E-state index contributed by atoms with van der Waals surface area (Å²) < 4.78 is 0. The zero-order valence-corrected chi connectivity index (χ0v) is 10.6. The summed E-state index contributed by atoms with van der Waals surface area (Å²) >= 11 is 3.48. The quantitative estimate of drug-likeness (QED) is 0.594. The third-order valence-electron chi connectivity index (χ3n) is 2.23. The summed E-state index contributed by atoms with van der Waals surface area (Å²) in [7, 11) is 0. The van der Waals surface area contributed by atoms with Gasteiger partial charge in [0, 0.05) is 16.2 Å². The molecular formula is C13H12OS2. The zero-order chi connectivity index (χ0) is 11.4. The first-order chi connectivity index (χ1) is 7.75. The van der Waals surface area contributed by atoms with Gasteiger partial charge in [0.15, 0.2) is 5.78 Å². The fourth-order valence-electron chi connectivity index (χ4n) is 1.35. The summed E-state index contributed by atoms with van der Waals surface area (Å²) in [4.78, 5) is 12.4. The van der Waals surface area contributed by atoms with Gasteiger partial charge >= 0.3 is 0 Å². The van der Waals surface area contributed by atoms with Crippen molar-refractivity contribution in [3.63, 3.8) is 0 Å². The van der Waals surface area contributed by atoms with Crippen molar-refractivity contribution >= 4 is 28.9 Å². The van der Waals surface area contributed by atoms with E-state index in [0.29, 0.717) is 0 Å². The van der Waals surface area contributed by atoms with Crippen LogP contribution in [0, 0.1) is 0 Å². The Balaban J connectivity index is 2.04. The highest BCUT2D eigenvalue weighted by molar-refractivity contribution is 7.98. The SMILES string of the molecule is CC(=O)c1cccc(SCc2ccsc2)c1. The van der Waals surface area contributed by atoms with Crippen molar-refractivity contribution in [3.8, 4) is 0 Å². The van der Waals surface area contributed by atoms with Gasteiger partial charge in [-0.25, -0.2) is 0 Å². The van der Waals surface area contributed by atoms with Crippen molar-refractivity contribution in [1.82, 2.24) is 0 Å². The molecule has 1 aromatic heterocycles. The van der Waals surface area contributed by atoms with Crippen molar-refractivity contribution in [2.24, 2.45) is 0 Å². The van der Waals surface area contributed by atoms with Crippen LogP contribution in [0.15, 0.2) is 46.0 Å². The Morgan fingerprint density at radius 1 is 1.38 bits per heavy atom. The van der Waals surface area contributed by atoms with Gasteiger partial charge < -0.3 is 0 Å². The molecule has 0 fully saturated rings. The number of carbonyl (C=O) groups is 1. The molecule has 0 saturated carbocycles. The molecular weight excluding hydrogens is 236 g/mol. The molecule has 2 rings (SSSR count). The second-order valence-electron chi connectivity index (χ2n) is 3.50. The predicted molar refractivity (Wildman–Crippen MR) is 70.3 cm³/mol. The van der Waals surface area contributed by atoms with E-state index in [1.807, 2.05) is 24.3 Å². The number of rotatable bonds is 4. The van der Waals surface area contributed by atoms with Gasteiger partial charge in [0.1, 0.15) is 0 Å². The standard InChI is InChI=1S/C13H12OS2/c1-10(14)12-3-2-4-13(7-12)16-9-11-5-6-15-8-11/h2-8H,9H2,1H3. The molecule has 0 saturated heterocycles. The molecule has 3 heteroatoms. The van der Waals surface area contributed by atoms with Crippen molar-refractivity contribution in [1.29, 1.82) is 0 Å². The minimum atomic E-state index is 0.123. The van der Waals surface area contributed by atoms with Crippen LogP contribution in [0.25, 0.3) is 0 Å². The minimum Gasteiger partial charge on any atom is -0.295 e. The van der Waals surface area contributed by atoms with E-state index in [-0.39, 0.29) is 5.78 Å². The summed E-state index contributed by atoms with van der Waals surface area (Å²) in [5, 5.41) is 4.24. The summed E-state index contributed by atoms with van der Waals surface area (Å²) in [6.07, 6.45) is 0. The Morgan fingerprint density at radius 3 is 2.94 bits per heavy atom. The number of thioether (sulfide) groups is 1. The molecule has 1 nitrogen and oxygen atoms in total. The molecule has 0 amide bonds. The number of hydrogen-bond acceptors (Lipinski definition) is 3. The highest BCUT2D eigenvalue weighted by atomic mass is 32.2. The summed E-state index contributed by atoms with van der Waals surface area (Å²) in [5.41, 5.74) is 2.12. The summed E-state index contributed by atoms with van der Waals surface area (Å²) in [6.45, 7) is 1.60. The normalized spacial score (nSPS) is 10.3. The molecule has 0 aliphatic rings. The van der Waals surface area contributed by atoms with Gasteiger partial charge in [-0.3, -0.25) is 4.79 Å². The molecule has 0 bridgehead atoms. The lowest BCUT2D eigenvalue weighted by molar-refractivity contribution is 0.101. The molecule has 82 valence electrons. The molecule has 0 spiro atoms. The van der Waals surface area contributed by atoms with Crippen LogP contribution in [-0.2, 0) is 5.75 Å². The zero-order valence-electron chi connectivity index (χ0n) is 8.97. The lowest BCUT2D eigenvalue weighted by Gasteiger charge is -2.02. The van der Waals surface area contributed by atoms with E-state index in [2.05, 4.69) is 16.8 Å². The van der Waals surface area contributed by atoms with Crippen LogP contribution in [0.3, 0.4) is 0 Å². The first kappa shape index (κ1) is 11.4. The Hall–Kier alpha value is -1.06. The van der Waals surface area contributed by atoms with Crippen LogP contribution in [0.1, 0.15) is 22.8 Å². The van der Waals surface area contributed by atoms with E-state index in [9.17, 15) is 4.79 Å². The average Bonchev–Trinajstić information content (AvgIpc) is 2.79. The van der Waals surface area contributed by atoms with Gasteiger partial charge in [0.2, 0.25) is 0 Å². The lowest BCUT2D eigenvalue weighted by atomic mass is 10.2. The number of ketones is 1. The Bertz CT molecular complexity index is 474. The Kier molecular flexibility index (Phi) is 3.80. The van der Waals surface area contributed by atoms with Crippen LogP contribution in [0.5, 0.6) is 0 Å². The van der Waals surface area contributed by atoms with Crippen LogP contribution in [0.4, 0.5) is 0 Å². The van der Waals surface area contributed by atoms with Gasteiger partial charge in [-0.1, -0.05) is 12.1 Å². The van der Waals surface area contributed by atoms with Gasteiger partial charge in [-0.05, 0) is 41.4 Å². The van der Waals surface area contributed by atoms with Crippen molar-refractivity contribution in [2.75, 3.05) is 0 Å². The van der Waals surface area contributed by atoms with E-state index < -0.39 is 0 Å². The smallest absolute Gasteiger partial charge is 0.159 e. The Labute approximate surface area is 104 Å². The number of hydrogen-bond donors (Lipinski definition) is 0. The fraction of sp³-hybridized carbons (Fsp3) is 0.154. The maximum atomic E-state index is 11.2. The van der Waals surface area contributed by atoms with E-state index in [1.54, 1.807) is 30.0 Å². The first-order valence-electron chi connectivity index (χ1n) is 5.00. The van der Waals surface area contributed by atoms with E-state index in [4.69, 9.17) is 0 Å². The van der Waals surface area contributed by atoms with Gasteiger partial charge in [0.25, 0.3) is 0 Å². The van der Waals surface area contributed by atoms with E-state index in [0.717, 1.165) is 16.2 Å². The van der Waals surface area contributed by atoms with Crippen LogP contribution in [-0.4, -0.2) is 5.78 Å². The second kappa shape index (κ2) is 5.32. The molecule has 0 aliphatic carbocycles. The van der Waals surface area contributed by atoms with E-state index in [1.165, 1.54) is 5.56 Å². The summed E-state index contributed by atoms with van der Waals surface area (Å²) in [5.74, 6) is 1.09.